The van der Waals surface area contributed by atoms with E-state index in [4.69, 9.17) is 4.74 Å². The van der Waals surface area contributed by atoms with Crippen molar-refractivity contribution in [3.8, 4) is 5.75 Å². The van der Waals surface area contributed by atoms with Gasteiger partial charge < -0.3 is 9.84 Å². The predicted molar refractivity (Wildman–Crippen MR) is 104 cm³/mol. The van der Waals surface area contributed by atoms with Gasteiger partial charge in [-0.3, -0.25) is 0 Å². The van der Waals surface area contributed by atoms with Gasteiger partial charge in [0.2, 0.25) is 0 Å². The molecule has 2 aliphatic carbocycles. The van der Waals surface area contributed by atoms with Gasteiger partial charge in [0.1, 0.15) is 5.75 Å². The Morgan fingerprint density at radius 3 is 2.48 bits per heavy atom. The molecular weight excluding hydrogens is 308 g/mol. The first-order chi connectivity index (χ1) is 11.6. The number of aryl methyl sites for hydroxylation is 1. The summed E-state index contributed by atoms with van der Waals surface area (Å²) in [5.74, 6) is 1.92. The van der Waals surface area contributed by atoms with Crippen LogP contribution in [0.15, 0.2) is 18.2 Å². The number of hydrogen-bond donors (Lipinski definition) is 1. The summed E-state index contributed by atoms with van der Waals surface area (Å²) in [6.45, 7) is 11.6. The molecule has 25 heavy (non-hydrogen) atoms. The van der Waals surface area contributed by atoms with E-state index in [9.17, 15) is 5.11 Å². The number of ether oxygens (including phenoxy) is 1. The van der Waals surface area contributed by atoms with E-state index in [1.807, 2.05) is 0 Å². The van der Waals surface area contributed by atoms with Crippen molar-refractivity contribution in [3.05, 3.63) is 29.3 Å². The van der Waals surface area contributed by atoms with E-state index in [-0.39, 0.29) is 5.41 Å². The summed E-state index contributed by atoms with van der Waals surface area (Å²) < 4.78 is 5.48. The van der Waals surface area contributed by atoms with Gasteiger partial charge in [-0.15, -0.1) is 0 Å². The van der Waals surface area contributed by atoms with E-state index in [2.05, 4.69) is 52.8 Å². The summed E-state index contributed by atoms with van der Waals surface area (Å²) >= 11 is 0. The Kier molecular flexibility index (Phi) is 4.73. The average molecular weight is 345 g/mol. The molecule has 1 aromatic rings. The molecule has 1 N–H and O–H groups in total. The van der Waals surface area contributed by atoms with E-state index in [0.717, 1.165) is 25.0 Å². The van der Waals surface area contributed by atoms with Crippen LogP contribution in [0.1, 0.15) is 70.9 Å². The fraction of sp³-hybridized carbons (Fsp3) is 0.739. The second-order valence-electron chi connectivity index (χ2n) is 9.91. The first kappa shape index (κ1) is 18.8. The second kappa shape index (κ2) is 6.30. The van der Waals surface area contributed by atoms with Gasteiger partial charge >= 0.3 is 0 Å². The molecule has 0 bridgehead atoms. The van der Waals surface area contributed by atoms with E-state index >= 15 is 0 Å². The zero-order valence-corrected chi connectivity index (χ0v) is 17.0. The highest BCUT2D eigenvalue weighted by Gasteiger charge is 2.57. The van der Waals surface area contributed by atoms with E-state index in [0.29, 0.717) is 17.3 Å². The number of methoxy groups -OCH3 is 1. The van der Waals surface area contributed by atoms with Crippen molar-refractivity contribution < 1.29 is 9.84 Å². The van der Waals surface area contributed by atoms with Crippen molar-refractivity contribution in [3.63, 3.8) is 0 Å². The topological polar surface area (TPSA) is 29.5 Å². The molecule has 140 valence electrons. The highest BCUT2D eigenvalue weighted by Crippen LogP contribution is 2.62. The summed E-state index contributed by atoms with van der Waals surface area (Å²) in [5.41, 5.74) is 2.53. The molecule has 2 fully saturated rings. The van der Waals surface area contributed by atoms with Crippen LogP contribution in [0.5, 0.6) is 5.75 Å². The van der Waals surface area contributed by atoms with Crippen LogP contribution in [0.2, 0.25) is 0 Å². The summed E-state index contributed by atoms with van der Waals surface area (Å²) in [6.07, 6.45) is 6.86. The molecule has 0 aliphatic heterocycles. The molecule has 0 amide bonds. The van der Waals surface area contributed by atoms with Crippen LogP contribution in [0, 0.1) is 29.6 Å². The third kappa shape index (κ3) is 3.35. The first-order valence-corrected chi connectivity index (χ1v) is 9.95. The SMILES string of the molecule is COc1cc(C)cc(C[C@@H]2[C@@]3(C)CCCC(C)(C)[C@@H]3CC[C@@]2(C)O)c1. The van der Waals surface area contributed by atoms with Gasteiger partial charge in [-0.2, -0.15) is 0 Å². The molecule has 0 aromatic heterocycles. The zero-order valence-electron chi connectivity index (χ0n) is 17.0. The lowest BCUT2D eigenvalue weighted by atomic mass is 9.45. The minimum Gasteiger partial charge on any atom is -0.497 e. The summed E-state index contributed by atoms with van der Waals surface area (Å²) in [4.78, 5) is 0. The second-order valence-corrected chi connectivity index (χ2v) is 9.91. The van der Waals surface area contributed by atoms with Crippen LogP contribution in [0.3, 0.4) is 0 Å². The Morgan fingerprint density at radius 1 is 1.08 bits per heavy atom. The van der Waals surface area contributed by atoms with E-state index in [1.165, 1.54) is 30.4 Å². The van der Waals surface area contributed by atoms with Crippen LogP contribution in [0.25, 0.3) is 0 Å². The lowest BCUT2D eigenvalue weighted by Crippen LogP contribution is -2.58. The van der Waals surface area contributed by atoms with Gasteiger partial charge in [0, 0.05) is 0 Å². The quantitative estimate of drug-likeness (QED) is 0.780. The van der Waals surface area contributed by atoms with Crippen LogP contribution in [0.4, 0.5) is 0 Å². The molecule has 1 aromatic carbocycles. The fourth-order valence-corrected chi connectivity index (χ4v) is 6.37. The summed E-state index contributed by atoms with van der Waals surface area (Å²) in [5, 5.41) is 11.3. The molecular formula is C23H36O2. The number of benzene rings is 1. The first-order valence-electron chi connectivity index (χ1n) is 9.95. The maximum Gasteiger partial charge on any atom is 0.119 e. The molecule has 0 spiro atoms. The molecule has 0 heterocycles. The maximum absolute atomic E-state index is 11.3. The predicted octanol–water partition coefficient (Wildman–Crippen LogP) is 5.54. The van der Waals surface area contributed by atoms with Crippen molar-refractivity contribution >= 4 is 0 Å². The molecule has 2 nitrogen and oxygen atoms in total. The Bertz CT molecular complexity index is 631. The van der Waals surface area contributed by atoms with Crippen molar-refractivity contribution in [2.45, 2.75) is 78.7 Å². The largest absolute Gasteiger partial charge is 0.497 e. The standard InChI is InChI=1S/C23H36O2/c1-16-12-17(14-18(13-16)25-6)15-20-22(4)10-7-9-21(2,3)19(22)8-11-23(20,5)24/h12-14,19-20,24H,7-11,15H2,1-6H3/t19-,20+,22-,23+/m0/s1. The maximum atomic E-state index is 11.3. The Labute approximate surface area is 154 Å². The van der Waals surface area contributed by atoms with Gasteiger partial charge in [0.05, 0.1) is 12.7 Å². The summed E-state index contributed by atoms with van der Waals surface area (Å²) in [6, 6.07) is 6.50. The lowest BCUT2D eigenvalue weighted by Gasteiger charge is -2.61. The third-order valence-corrected chi connectivity index (χ3v) is 7.55. The number of hydrogen-bond acceptors (Lipinski definition) is 2. The van der Waals surface area contributed by atoms with Crippen molar-refractivity contribution in [1.29, 1.82) is 0 Å². The normalized spacial score (nSPS) is 37.4. The van der Waals surface area contributed by atoms with E-state index < -0.39 is 5.60 Å². The molecule has 0 unspecified atom stereocenters. The fourth-order valence-electron chi connectivity index (χ4n) is 6.37. The Balaban J connectivity index is 1.98. The highest BCUT2D eigenvalue weighted by atomic mass is 16.5. The average Bonchev–Trinajstić information content (AvgIpc) is 2.49. The molecule has 2 heteroatoms. The number of fused-ring (bicyclic) bond motifs is 1. The Hall–Kier alpha value is -1.02. The van der Waals surface area contributed by atoms with Crippen LogP contribution in [-0.2, 0) is 6.42 Å². The van der Waals surface area contributed by atoms with Gasteiger partial charge in [0.15, 0.2) is 0 Å². The lowest BCUT2D eigenvalue weighted by molar-refractivity contribution is -0.166. The van der Waals surface area contributed by atoms with Crippen LogP contribution < -0.4 is 4.74 Å². The molecule has 0 radical (unpaired) electrons. The minimum absolute atomic E-state index is 0.209. The van der Waals surface area contributed by atoms with Gasteiger partial charge in [-0.25, -0.2) is 0 Å². The van der Waals surface area contributed by atoms with Crippen LogP contribution >= 0.6 is 0 Å². The molecule has 2 saturated carbocycles. The highest BCUT2D eigenvalue weighted by molar-refractivity contribution is 5.34. The zero-order chi connectivity index (χ0) is 18.5. The molecule has 4 atom stereocenters. The van der Waals surface area contributed by atoms with Gasteiger partial charge in [-0.1, -0.05) is 33.3 Å². The smallest absolute Gasteiger partial charge is 0.119 e. The molecule has 3 rings (SSSR count). The van der Waals surface area contributed by atoms with E-state index in [1.54, 1.807) is 7.11 Å². The van der Waals surface area contributed by atoms with Crippen molar-refractivity contribution in [2.75, 3.05) is 7.11 Å². The number of rotatable bonds is 3. The summed E-state index contributed by atoms with van der Waals surface area (Å²) in [7, 11) is 1.73. The van der Waals surface area contributed by atoms with Crippen LogP contribution in [-0.4, -0.2) is 17.8 Å². The van der Waals surface area contributed by atoms with Gasteiger partial charge in [-0.05, 0) is 91.9 Å². The molecule has 0 saturated heterocycles. The Morgan fingerprint density at radius 2 is 1.80 bits per heavy atom. The molecule has 2 aliphatic rings. The third-order valence-electron chi connectivity index (χ3n) is 7.55. The van der Waals surface area contributed by atoms with Crippen molar-refractivity contribution in [2.24, 2.45) is 22.7 Å². The monoisotopic (exact) mass is 344 g/mol. The minimum atomic E-state index is -0.588. The van der Waals surface area contributed by atoms with Gasteiger partial charge in [0.25, 0.3) is 0 Å². The number of aliphatic hydroxyl groups is 1. The van der Waals surface area contributed by atoms with Crippen molar-refractivity contribution in [1.82, 2.24) is 0 Å².